The molecule has 4 heterocycles. The van der Waals surface area contributed by atoms with Gasteiger partial charge in [-0.25, -0.2) is 0 Å². The molecular formula is C38H32IrN4+. The zero-order valence-corrected chi connectivity index (χ0v) is 27.3. The molecule has 0 aliphatic carbocycles. The van der Waals surface area contributed by atoms with Crippen molar-refractivity contribution in [1.82, 2.24) is 14.0 Å². The molecule has 8 rings (SSSR count). The predicted molar refractivity (Wildman–Crippen MR) is 171 cm³/mol. The molecule has 0 aliphatic rings. The molecule has 4 nitrogen and oxygen atoms in total. The van der Waals surface area contributed by atoms with E-state index in [-0.39, 0.29) is 20.1 Å². The van der Waals surface area contributed by atoms with Crippen LogP contribution in [0.5, 0.6) is 0 Å². The van der Waals surface area contributed by atoms with Gasteiger partial charge in [-0.3, -0.25) is 0 Å². The number of pyridine rings is 1. The van der Waals surface area contributed by atoms with E-state index >= 15 is 0 Å². The first-order chi connectivity index (χ1) is 20.4. The normalized spacial score (nSPS) is 11.4. The predicted octanol–water partition coefficient (Wildman–Crippen LogP) is 8.57. The fourth-order valence-corrected chi connectivity index (χ4v) is 5.75. The third-order valence-electron chi connectivity index (χ3n) is 8.17. The SMILES string of the molecule is CC(C)[n+]1[c-]n(-c2[c-]ccc3c4cccc5c6ccccc6n(c23)c54)cc1.Cc1c[c-]c(-c2cc(C)c(C)cn2)cc1.[Ir+3]. The molecule has 5 heteroatoms. The molecule has 4 aromatic carbocycles. The molecule has 8 aromatic rings. The Morgan fingerprint density at radius 3 is 2.26 bits per heavy atom. The number of imidazole rings is 1. The first kappa shape index (κ1) is 28.8. The van der Waals surface area contributed by atoms with Crippen LogP contribution in [0.1, 0.15) is 36.6 Å². The molecule has 43 heavy (non-hydrogen) atoms. The second-order valence-corrected chi connectivity index (χ2v) is 11.3. The summed E-state index contributed by atoms with van der Waals surface area (Å²) in [4.78, 5) is 4.41. The van der Waals surface area contributed by atoms with Crippen molar-refractivity contribution in [2.45, 2.75) is 40.7 Å². The van der Waals surface area contributed by atoms with Gasteiger partial charge in [0.25, 0.3) is 0 Å². The number of aromatic nitrogens is 4. The van der Waals surface area contributed by atoms with Crippen LogP contribution in [0.4, 0.5) is 0 Å². The van der Waals surface area contributed by atoms with Crippen LogP contribution in [-0.2, 0) is 20.1 Å². The smallest absolute Gasteiger partial charge is 0.369 e. The van der Waals surface area contributed by atoms with Crippen molar-refractivity contribution in [3.63, 3.8) is 0 Å². The fourth-order valence-electron chi connectivity index (χ4n) is 5.75. The number of hydrogen-bond donors (Lipinski definition) is 0. The van der Waals surface area contributed by atoms with Crippen LogP contribution in [0, 0.1) is 39.2 Å². The first-order valence-corrected chi connectivity index (χ1v) is 14.4. The van der Waals surface area contributed by atoms with Crippen LogP contribution in [0.25, 0.3) is 55.0 Å². The average Bonchev–Trinajstić information content (AvgIpc) is 3.72. The van der Waals surface area contributed by atoms with E-state index in [0.717, 1.165) is 16.9 Å². The molecule has 0 bridgehead atoms. The van der Waals surface area contributed by atoms with Gasteiger partial charge in [-0.1, -0.05) is 60.5 Å². The van der Waals surface area contributed by atoms with Crippen molar-refractivity contribution in [3.05, 3.63) is 133 Å². The number of nitrogens with zero attached hydrogens (tertiary/aromatic N) is 4. The molecule has 0 amide bonds. The van der Waals surface area contributed by atoms with E-state index in [2.05, 4.69) is 151 Å². The summed E-state index contributed by atoms with van der Waals surface area (Å²) < 4.78 is 6.55. The van der Waals surface area contributed by atoms with Gasteiger partial charge in [-0.05, 0) is 56.1 Å². The summed E-state index contributed by atoms with van der Waals surface area (Å²) in [5.41, 5.74) is 10.5. The third-order valence-corrected chi connectivity index (χ3v) is 8.17. The van der Waals surface area contributed by atoms with Gasteiger partial charge < -0.3 is 18.5 Å². The van der Waals surface area contributed by atoms with Crippen LogP contribution in [0.3, 0.4) is 0 Å². The fraction of sp³-hybridized carbons (Fsp3) is 0.158. The molecule has 0 radical (unpaired) electrons. The Hall–Kier alpha value is -4.31. The van der Waals surface area contributed by atoms with E-state index in [1.807, 2.05) is 18.3 Å². The molecule has 0 fully saturated rings. The number of para-hydroxylation sites is 2. The molecule has 0 saturated heterocycles. The Balaban J connectivity index is 0.000000176. The van der Waals surface area contributed by atoms with Crippen molar-refractivity contribution in [2.24, 2.45) is 0 Å². The van der Waals surface area contributed by atoms with Crippen LogP contribution in [0.2, 0.25) is 0 Å². The molecule has 0 spiro atoms. The van der Waals surface area contributed by atoms with Gasteiger partial charge in [-0.2, -0.15) is 18.2 Å². The summed E-state index contributed by atoms with van der Waals surface area (Å²) in [5, 5.41) is 5.15. The minimum absolute atomic E-state index is 0. The maximum absolute atomic E-state index is 4.41. The summed E-state index contributed by atoms with van der Waals surface area (Å²) in [6, 6.07) is 34.8. The second kappa shape index (κ2) is 11.4. The van der Waals surface area contributed by atoms with Crippen molar-refractivity contribution in [2.75, 3.05) is 0 Å². The largest absolute Gasteiger partial charge is 3.00 e. The number of rotatable bonds is 3. The van der Waals surface area contributed by atoms with Crippen LogP contribution in [-0.4, -0.2) is 14.0 Å². The quantitative estimate of drug-likeness (QED) is 0.132. The molecule has 0 aliphatic heterocycles. The van der Waals surface area contributed by atoms with Gasteiger partial charge in [0, 0.05) is 40.4 Å². The zero-order valence-electron chi connectivity index (χ0n) is 24.9. The molecule has 0 saturated carbocycles. The van der Waals surface area contributed by atoms with E-state index in [9.17, 15) is 0 Å². The molecular weight excluding hydrogens is 705 g/mol. The van der Waals surface area contributed by atoms with Crippen molar-refractivity contribution in [1.29, 1.82) is 0 Å². The second-order valence-electron chi connectivity index (χ2n) is 11.3. The minimum Gasteiger partial charge on any atom is -0.369 e. The van der Waals surface area contributed by atoms with Gasteiger partial charge in [-0.15, -0.1) is 40.8 Å². The Morgan fingerprint density at radius 2 is 1.53 bits per heavy atom. The summed E-state index contributed by atoms with van der Waals surface area (Å²) in [6.45, 7) is 10.6. The Kier molecular flexibility index (Phi) is 7.64. The maximum atomic E-state index is 4.41. The molecule has 0 unspecified atom stereocenters. The average molecular weight is 737 g/mol. The maximum Gasteiger partial charge on any atom is 3.00 e. The molecule has 0 N–H and O–H groups in total. The van der Waals surface area contributed by atoms with Crippen molar-refractivity contribution < 1.29 is 24.7 Å². The van der Waals surface area contributed by atoms with Gasteiger partial charge in [0.2, 0.25) is 6.33 Å². The van der Waals surface area contributed by atoms with Crippen LogP contribution >= 0.6 is 0 Å². The summed E-state index contributed by atoms with van der Waals surface area (Å²) in [6.07, 6.45) is 9.50. The van der Waals surface area contributed by atoms with Gasteiger partial charge in [0.15, 0.2) is 0 Å². The third kappa shape index (κ3) is 4.93. The number of hydrogen-bond acceptors (Lipinski definition) is 1. The van der Waals surface area contributed by atoms with E-state index in [1.165, 1.54) is 54.8 Å². The summed E-state index contributed by atoms with van der Waals surface area (Å²) >= 11 is 0. The zero-order chi connectivity index (χ0) is 29.0. The Bertz CT molecular complexity index is 2200. The van der Waals surface area contributed by atoms with Gasteiger partial charge in [0.1, 0.15) is 0 Å². The van der Waals surface area contributed by atoms with Crippen LogP contribution in [0.15, 0.2) is 97.5 Å². The molecule has 212 valence electrons. The monoisotopic (exact) mass is 737 g/mol. The topological polar surface area (TPSA) is 26.1 Å². The standard InChI is InChI=1S/C24H18N3.C14H14N.Ir/c1-16(2)25-13-14-26(15-25)22-12-6-10-20-19-9-5-8-18-17-7-3-4-11-21(17)27(23(18)19)24(20)22;1-10-4-6-13(7-5-10)14-8-11(2)12(3)9-15-14;/h3-11,13-14,16H,1-2H3;4-6,8-9H,1-3H3;/q2*-1;+3. The van der Waals surface area contributed by atoms with E-state index in [0.29, 0.717) is 6.04 Å². The Morgan fingerprint density at radius 1 is 0.791 bits per heavy atom. The van der Waals surface area contributed by atoms with E-state index < -0.39 is 0 Å². The van der Waals surface area contributed by atoms with Gasteiger partial charge in [0.05, 0.1) is 6.04 Å². The molecule has 0 atom stereocenters. The molecule has 4 aromatic heterocycles. The summed E-state index contributed by atoms with van der Waals surface area (Å²) in [5.74, 6) is 0. The van der Waals surface area contributed by atoms with Crippen LogP contribution < -0.4 is 4.57 Å². The first-order valence-electron chi connectivity index (χ1n) is 14.4. The van der Waals surface area contributed by atoms with Crippen molar-refractivity contribution in [3.8, 4) is 16.9 Å². The Labute approximate surface area is 265 Å². The van der Waals surface area contributed by atoms with E-state index in [4.69, 9.17) is 0 Å². The van der Waals surface area contributed by atoms with Gasteiger partial charge >= 0.3 is 20.1 Å². The van der Waals surface area contributed by atoms with E-state index in [1.54, 1.807) is 0 Å². The van der Waals surface area contributed by atoms with Crippen molar-refractivity contribution >= 4 is 38.1 Å². The number of aryl methyl sites for hydroxylation is 3. The number of fused-ring (bicyclic) bond motifs is 6. The number of benzene rings is 4. The minimum atomic E-state index is 0. The summed E-state index contributed by atoms with van der Waals surface area (Å²) in [7, 11) is 0.